The van der Waals surface area contributed by atoms with Crippen LogP contribution in [0.3, 0.4) is 0 Å². The van der Waals surface area contributed by atoms with E-state index < -0.39 is 21.5 Å². The van der Waals surface area contributed by atoms with E-state index in [-0.39, 0.29) is 23.3 Å². The quantitative estimate of drug-likeness (QED) is 0.592. The van der Waals surface area contributed by atoms with Gasteiger partial charge in [-0.25, -0.2) is 4.72 Å². The molecule has 0 unspecified atom stereocenters. The number of benzene rings is 1. The van der Waals surface area contributed by atoms with Gasteiger partial charge in [-0.2, -0.15) is 13.5 Å². The Morgan fingerprint density at radius 3 is 2.23 bits per heavy atom. The molecule has 31 heavy (non-hydrogen) atoms. The van der Waals surface area contributed by atoms with Gasteiger partial charge in [0, 0.05) is 18.3 Å². The van der Waals surface area contributed by atoms with Crippen molar-refractivity contribution in [2.75, 3.05) is 7.11 Å². The van der Waals surface area contributed by atoms with E-state index in [2.05, 4.69) is 9.82 Å². The lowest BCUT2D eigenvalue weighted by atomic mass is 9.87. The third kappa shape index (κ3) is 6.54. The van der Waals surface area contributed by atoms with E-state index in [1.54, 1.807) is 13.3 Å². The number of amides is 1. The number of ether oxygens (including phenoxy) is 1. The summed E-state index contributed by atoms with van der Waals surface area (Å²) in [4.78, 5) is 12.7. The second-order valence-electron chi connectivity index (χ2n) is 8.89. The summed E-state index contributed by atoms with van der Waals surface area (Å²) in [7, 11) is -2.52. The molecule has 1 aromatic carbocycles. The smallest absolute Gasteiger partial charge is 0.283 e. The van der Waals surface area contributed by atoms with Crippen molar-refractivity contribution < 1.29 is 17.9 Å². The fraction of sp³-hybridized carbons (Fsp3) is 0.545. The van der Waals surface area contributed by atoms with Gasteiger partial charge in [-0.15, -0.1) is 0 Å². The van der Waals surface area contributed by atoms with Gasteiger partial charge in [-0.1, -0.05) is 39.3 Å². The molecule has 2 rings (SSSR count). The van der Waals surface area contributed by atoms with E-state index >= 15 is 0 Å². The van der Waals surface area contributed by atoms with Crippen LogP contribution in [0.2, 0.25) is 5.02 Å². The van der Waals surface area contributed by atoms with Gasteiger partial charge < -0.3 is 4.74 Å². The van der Waals surface area contributed by atoms with Crippen molar-refractivity contribution in [1.29, 1.82) is 0 Å². The fourth-order valence-corrected chi connectivity index (χ4v) is 4.51. The average Bonchev–Trinajstić information content (AvgIpc) is 3.10. The SMILES string of the molecule is COC(C)(C)Cn1ccc(S(=O)(=O)NC(=O)Cc2c(C(C)C)cc(Cl)cc2C(C)C)n1. The molecule has 0 fully saturated rings. The third-order valence-electron chi connectivity index (χ3n) is 5.10. The summed E-state index contributed by atoms with van der Waals surface area (Å²) >= 11 is 6.28. The van der Waals surface area contributed by atoms with E-state index in [0.717, 1.165) is 16.7 Å². The van der Waals surface area contributed by atoms with Crippen LogP contribution in [0.1, 0.15) is 70.1 Å². The van der Waals surface area contributed by atoms with E-state index in [1.165, 1.54) is 10.7 Å². The number of nitrogens with zero attached hydrogens (tertiary/aromatic N) is 2. The Hall–Kier alpha value is -1.90. The summed E-state index contributed by atoms with van der Waals surface area (Å²) < 4.78 is 34.4. The maximum absolute atomic E-state index is 12.7. The number of rotatable bonds is 9. The number of halogens is 1. The van der Waals surface area contributed by atoms with Crippen molar-refractivity contribution in [3.05, 3.63) is 46.1 Å². The van der Waals surface area contributed by atoms with E-state index in [0.29, 0.717) is 11.6 Å². The average molecular weight is 470 g/mol. The number of hydrogen-bond donors (Lipinski definition) is 1. The first kappa shape index (κ1) is 25.4. The summed E-state index contributed by atoms with van der Waals surface area (Å²) in [5.74, 6) is -0.344. The number of aromatic nitrogens is 2. The van der Waals surface area contributed by atoms with Crippen molar-refractivity contribution in [2.24, 2.45) is 0 Å². The number of carbonyl (C=O) groups is 1. The topological polar surface area (TPSA) is 90.3 Å². The number of carbonyl (C=O) groups excluding carboxylic acids is 1. The highest BCUT2D eigenvalue weighted by molar-refractivity contribution is 7.90. The van der Waals surface area contributed by atoms with Crippen molar-refractivity contribution in [1.82, 2.24) is 14.5 Å². The highest BCUT2D eigenvalue weighted by atomic mass is 35.5. The lowest BCUT2D eigenvalue weighted by molar-refractivity contribution is -0.118. The Bertz CT molecular complexity index is 1010. The number of nitrogens with one attached hydrogen (secondary N) is 1. The Morgan fingerprint density at radius 1 is 1.19 bits per heavy atom. The minimum absolute atomic E-state index is 0.0607. The Balaban J connectivity index is 2.26. The lowest BCUT2D eigenvalue weighted by Gasteiger charge is -2.22. The summed E-state index contributed by atoms with van der Waals surface area (Å²) in [6.07, 6.45) is 1.49. The summed E-state index contributed by atoms with van der Waals surface area (Å²) in [6, 6.07) is 5.05. The molecule has 0 radical (unpaired) electrons. The normalized spacial score (nSPS) is 12.6. The molecule has 2 aromatic rings. The maximum Gasteiger partial charge on any atom is 0.283 e. The van der Waals surface area contributed by atoms with E-state index in [9.17, 15) is 13.2 Å². The fourth-order valence-electron chi connectivity index (χ4n) is 3.34. The predicted octanol–water partition coefficient (Wildman–Crippen LogP) is 4.26. The number of hydrogen-bond acceptors (Lipinski definition) is 5. The van der Waals surface area contributed by atoms with Gasteiger partial charge in [-0.05, 0) is 60.6 Å². The minimum Gasteiger partial charge on any atom is -0.377 e. The monoisotopic (exact) mass is 469 g/mol. The molecule has 0 saturated heterocycles. The van der Waals surface area contributed by atoms with Gasteiger partial charge in [0.25, 0.3) is 10.0 Å². The standard InChI is InChI=1S/C22H32ClN3O4S/c1-14(2)17-10-16(23)11-18(15(3)4)19(17)12-20(27)25-31(28,29)21-8-9-26(24-21)13-22(5,6)30-7/h8-11,14-15H,12-13H2,1-7H3,(H,25,27). The van der Waals surface area contributed by atoms with Crippen LogP contribution in [0.25, 0.3) is 0 Å². The van der Waals surface area contributed by atoms with Crippen LogP contribution in [-0.2, 0) is 32.5 Å². The van der Waals surface area contributed by atoms with E-state index in [4.69, 9.17) is 16.3 Å². The van der Waals surface area contributed by atoms with Gasteiger partial charge in [0.05, 0.1) is 18.6 Å². The summed E-state index contributed by atoms with van der Waals surface area (Å²) in [6.45, 7) is 12.2. The van der Waals surface area contributed by atoms with Crippen molar-refractivity contribution >= 4 is 27.5 Å². The highest BCUT2D eigenvalue weighted by Gasteiger charge is 2.25. The van der Waals surface area contributed by atoms with Crippen LogP contribution in [-0.4, -0.2) is 36.8 Å². The zero-order chi connectivity index (χ0) is 23.6. The molecule has 1 amide bonds. The van der Waals surface area contributed by atoms with Gasteiger partial charge in [0.15, 0.2) is 5.03 Å². The van der Waals surface area contributed by atoms with E-state index in [1.807, 2.05) is 53.7 Å². The molecule has 172 valence electrons. The Morgan fingerprint density at radius 2 is 1.74 bits per heavy atom. The zero-order valence-corrected chi connectivity index (χ0v) is 20.8. The molecule has 0 atom stereocenters. The van der Waals surface area contributed by atoms with Crippen LogP contribution in [0.4, 0.5) is 0 Å². The molecule has 9 heteroatoms. The maximum atomic E-state index is 12.7. The summed E-state index contributed by atoms with van der Waals surface area (Å²) in [5.41, 5.74) is 2.19. The Labute approximate surface area is 190 Å². The largest absolute Gasteiger partial charge is 0.377 e. The second-order valence-corrected chi connectivity index (χ2v) is 11.0. The van der Waals surface area contributed by atoms with Gasteiger partial charge in [0.2, 0.25) is 5.91 Å². The molecule has 0 aliphatic heterocycles. The molecule has 1 N–H and O–H groups in total. The first-order valence-corrected chi connectivity index (χ1v) is 12.1. The Kier molecular flexibility index (Phi) is 7.94. The first-order chi connectivity index (χ1) is 14.3. The van der Waals surface area contributed by atoms with Crippen LogP contribution in [0, 0.1) is 0 Å². The minimum atomic E-state index is -4.09. The van der Waals surface area contributed by atoms with Crippen molar-refractivity contribution in [2.45, 2.75) is 77.0 Å². The van der Waals surface area contributed by atoms with Gasteiger partial charge >= 0.3 is 0 Å². The second kappa shape index (κ2) is 9.71. The zero-order valence-electron chi connectivity index (χ0n) is 19.2. The first-order valence-electron chi connectivity index (χ1n) is 10.2. The van der Waals surface area contributed by atoms with Crippen LogP contribution in [0.5, 0.6) is 0 Å². The lowest BCUT2D eigenvalue weighted by Crippen LogP contribution is -2.33. The molecule has 0 aliphatic carbocycles. The molecule has 0 aliphatic rings. The molecular weight excluding hydrogens is 438 g/mol. The van der Waals surface area contributed by atoms with Gasteiger partial charge in [-0.3, -0.25) is 9.48 Å². The number of methoxy groups -OCH3 is 1. The number of sulfonamides is 1. The van der Waals surface area contributed by atoms with Gasteiger partial charge in [0.1, 0.15) is 0 Å². The predicted molar refractivity (Wildman–Crippen MR) is 122 cm³/mol. The molecule has 0 spiro atoms. The van der Waals surface area contributed by atoms with Crippen molar-refractivity contribution in [3.63, 3.8) is 0 Å². The molecular formula is C22H32ClN3O4S. The van der Waals surface area contributed by atoms with Crippen LogP contribution >= 0.6 is 11.6 Å². The third-order valence-corrected chi connectivity index (χ3v) is 6.58. The molecule has 7 nitrogen and oxygen atoms in total. The van der Waals surface area contributed by atoms with Crippen molar-refractivity contribution in [3.8, 4) is 0 Å². The molecule has 0 bridgehead atoms. The molecule has 1 aromatic heterocycles. The molecule has 0 saturated carbocycles. The highest BCUT2D eigenvalue weighted by Crippen LogP contribution is 2.31. The molecule has 1 heterocycles. The van der Waals surface area contributed by atoms with Crippen LogP contribution in [0.15, 0.2) is 29.4 Å². The summed E-state index contributed by atoms with van der Waals surface area (Å²) in [5, 5.41) is 4.49. The van der Waals surface area contributed by atoms with Crippen LogP contribution < -0.4 is 4.72 Å².